The Hall–Kier alpha value is -0.300. The fourth-order valence-electron chi connectivity index (χ4n) is 1.65. The topological polar surface area (TPSA) is 84.6 Å². The number of amides is 1. The van der Waals surface area contributed by atoms with Crippen LogP contribution in [0.3, 0.4) is 0 Å². The molecule has 1 aliphatic rings. The van der Waals surface area contributed by atoms with Crippen LogP contribution in [0.4, 0.5) is 0 Å². The molecule has 16 heavy (non-hydrogen) atoms. The summed E-state index contributed by atoms with van der Waals surface area (Å²) in [4.78, 5) is 11.2. The summed E-state index contributed by atoms with van der Waals surface area (Å²) >= 11 is 1.77. The molecule has 0 aromatic carbocycles. The number of ether oxygens (including phenoxy) is 1. The van der Waals surface area contributed by atoms with E-state index >= 15 is 0 Å². The molecule has 1 heterocycles. The van der Waals surface area contributed by atoms with E-state index in [1.807, 2.05) is 0 Å². The third kappa shape index (κ3) is 4.29. The second-order valence-corrected chi connectivity index (χ2v) is 5.46. The van der Waals surface area contributed by atoms with Gasteiger partial charge in [-0.25, -0.2) is 5.84 Å². The molecule has 1 rings (SSSR count). The minimum absolute atomic E-state index is 0.133. The van der Waals surface area contributed by atoms with Crippen molar-refractivity contribution in [3.05, 3.63) is 0 Å². The molecule has 3 atom stereocenters. The van der Waals surface area contributed by atoms with Gasteiger partial charge >= 0.3 is 0 Å². The van der Waals surface area contributed by atoms with Gasteiger partial charge in [0.15, 0.2) is 0 Å². The summed E-state index contributed by atoms with van der Waals surface area (Å²) in [5, 5.41) is 9.19. The monoisotopic (exact) mass is 248 g/mol. The second-order valence-electron chi connectivity index (χ2n) is 3.99. The van der Waals surface area contributed by atoms with Crippen molar-refractivity contribution in [3.8, 4) is 0 Å². The van der Waals surface area contributed by atoms with Gasteiger partial charge in [-0.15, -0.1) is 0 Å². The molecule has 6 heteroatoms. The summed E-state index contributed by atoms with van der Waals surface area (Å²) < 4.78 is 5.57. The molecule has 1 aliphatic heterocycles. The largest absolute Gasteiger partial charge is 0.396 e. The van der Waals surface area contributed by atoms with Crippen LogP contribution in [0.15, 0.2) is 0 Å². The number of aliphatic hydroxyl groups excluding tert-OH is 1. The highest BCUT2D eigenvalue weighted by Crippen LogP contribution is 2.25. The minimum Gasteiger partial charge on any atom is -0.396 e. The molecule has 1 saturated heterocycles. The van der Waals surface area contributed by atoms with Crippen LogP contribution in [0.25, 0.3) is 0 Å². The lowest BCUT2D eigenvalue weighted by atomic mass is 10.2. The predicted octanol–water partition coefficient (Wildman–Crippen LogP) is 0.0280. The molecule has 0 radical (unpaired) electrons. The van der Waals surface area contributed by atoms with Gasteiger partial charge in [-0.05, 0) is 19.3 Å². The Bertz CT molecular complexity index is 228. The van der Waals surface area contributed by atoms with E-state index in [0.29, 0.717) is 5.25 Å². The van der Waals surface area contributed by atoms with E-state index in [2.05, 4.69) is 12.3 Å². The molecule has 0 aliphatic carbocycles. The average Bonchev–Trinajstić information content (AvgIpc) is 2.74. The molecule has 0 spiro atoms. The number of nitrogens with one attached hydrogen (secondary N) is 1. The van der Waals surface area contributed by atoms with E-state index < -0.39 is 0 Å². The SMILES string of the molecule is CC(CCO)SCC1CCC(C(=O)NN)O1. The van der Waals surface area contributed by atoms with Crippen LogP contribution in [0.5, 0.6) is 0 Å². The minimum atomic E-state index is -0.385. The van der Waals surface area contributed by atoms with E-state index in [-0.39, 0.29) is 24.7 Å². The Labute approximate surface area is 100 Å². The number of rotatable bonds is 6. The Kier molecular flexibility index (Phi) is 6.12. The lowest BCUT2D eigenvalue weighted by Crippen LogP contribution is -2.39. The van der Waals surface area contributed by atoms with E-state index in [0.717, 1.165) is 25.0 Å². The van der Waals surface area contributed by atoms with Gasteiger partial charge in [0.1, 0.15) is 6.10 Å². The van der Waals surface area contributed by atoms with Crippen LogP contribution in [0, 0.1) is 0 Å². The number of thioether (sulfide) groups is 1. The molecule has 4 N–H and O–H groups in total. The standard InChI is InChI=1S/C10H20N2O3S/c1-7(4-5-13)16-6-8-2-3-9(15-8)10(14)12-11/h7-9,13H,2-6,11H2,1H3,(H,12,14). The lowest BCUT2D eigenvalue weighted by molar-refractivity contribution is -0.131. The van der Waals surface area contributed by atoms with Gasteiger partial charge in [0, 0.05) is 17.6 Å². The van der Waals surface area contributed by atoms with Crippen LogP contribution in [-0.4, -0.2) is 40.8 Å². The summed E-state index contributed by atoms with van der Waals surface area (Å²) in [7, 11) is 0. The van der Waals surface area contributed by atoms with E-state index in [9.17, 15) is 4.79 Å². The molecule has 5 nitrogen and oxygen atoms in total. The summed E-state index contributed by atoms with van der Waals surface area (Å²) in [5.74, 6) is 5.68. The van der Waals surface area contributed by atoms with Gasteiger partial charge < -0.3 is 9.84 Å². The third-order valence-corrected chi connectivity index (χ3v) is 4.01. The van der Waals surface area contributed by atoms with Gasteiger partial charge in [-0.3, -0.25) is 10.2 Å². The smallest absolute Gasteiger partial charge is 0.263 e. The Balaban J connectivity index is 2.19. The molecule has 94 valence electrons. The van der Waals surface area contributed by atoms with Crippen LogP contribution in [0.2, 0.25) is 0 Å². The van der Waals surface area contributed by atoms with Crippen molar-refractivity contribution in [3.63, 3.8) is 0 Å². The number of aliphatic hydroxyl groups is 1. The van der Waals surface area contributed by atoms with Crippen LogP contribution < -0.4 is 11.3 Å². The first-order valence-corrected chi connectivity index (χ1v) is 6.60. The molecular formula is C10H20N2O3S. The van der Waals surface area contributed by atoms with Gasteiger partial charge in [-0.1, -0.05) is 6.92 Å². The number of hydrogen-bond acceptors (Lipinski definition) is 5. The first kappa shape index (κ1) is 13.8. The van der Waals surface area contributed by atoms with E-state index in [1.54, 1.807) is 11.8 Å². The number of carbonyl (C=O) groups excluding carboxylic acids is 1. The summed E-state index contributed by atoms with van der Waals surface area (Å²) in [6.07, 6.45) is 2.18. The zero-order valence-corrected chi connectivity index (χ0v) is 10.3. The van der Waals surface area contributed by atoms with Crippen molar-refractivity contribution < 1.29 is 14.6 Å². The number of hydrazine groups is 1. The first-order valence-electron chi connectivity index (χ1n) is 5.55. The number of carbonyl (C=O) groups is 1. The lowest BCUT2D eigenvalue weighted by Gasteiger charge is -2.15. The maximum Gasteiger partial charge on any atom is 0.263 e. The Morgan fingerprint density at radius 1 is 1.69 bits per heavy atom. The number of nitrogens with two attached hydrogens (primary N) is 1. The quantitative estimate of drug-likeness (QED) is 0.351. The summed E-state index contributed by atoms with van der Waals surface area (Å²) in [6, 6.07) is 0. The van der Waals surface area contributed by atoms with E-state index in [1.165, 1.54) is 0 Å². The van der Waals surface area contributed by atoms with Crippen molar-refractivity contribution in [1.82, 2.24) is 5.43 Å². The predicted molar refractivity (Wildman–Crippen MR) is 63.8 cm³/mol. The zero-order chi connectivity index (χ0) is 12.0. The molecule has 1 fully saturated rings. The fraction of sp³-hybridized carbons (Fsp3) is 0.900. The van der Waals surface area contributed by atoms with Crippen molar-refractivity contribution in [2.45, 2.75) is 43.6 Å². The van der Waals surface area contributed by atoms with Gasteiger partial charge in [0.2, 0.25) is 0 Å². The molecule has 3 unspecified atom stereocenters. The van der Waals surface area contributed by atoms with Crippen molar-refractivity contribution in [2.75, 3.05) is 12.4 Å². The molecule has 0 saturated carbocycles. The highest BCUT2D eigenvalue weighted by Gasteiger charge is 2.30. The van der Waals surface area contributed by atoms with Crippen LogP contribution in [-0.2, 0) is 9.53 Å². The Morgan fingerprint density at radius 2 is 2.44 bits per heavy atom. The second kappa shape index (κ2) is 7.11. The normalized spacial score (nSPS) is 26.7. The van der Waals surface area contributed by atoms with E-state index in [4.69, 9.17) is 15.7 Å². The van der Waals surface area contributed by atoms with Gasteiger partial charge in [-0.2, -0.15) is 11.8 Å². The maximum atomic E-state index is 11.2. The highest BCUT2D eigenvalue weighted by molar-refractivity contribution is 7.99. The first-order chi connectivity index (χ1) is 7.67. The van der Waals surface area contributed by atoms with Crippen LogP contribution in [0.1, 0.15) is 26.2 Å². The molecular weight excluding hydrogens is 228 g/mol. The third-order valence-electron chi connectivity index (χ3n) is 2.64. The van der Waals surface area contributed by atoms with Crippen molar-refractivity contribution in [1.29, 1.82) is 0 Å². The van der Waals surface area contributed by atoms with Gasteiger partial charge in [0.05, 0.1) is 6.10 Å². The van der Waals surface area contributed by atoms with Gasteiger partial charge in [0.25, 0.3) is 5.91 Å². The molecule has 1 amide bonds. The molecule has 0 bridgehead atoms. The number of hydrogen-bond donors (Lipinski definition) is 3. The zero-order valence-electron chi connectivity index (χ0n) is 9.52. The average molecular weight is 248 g/mol. The molecule has 0 aromatic rings. The maximum absolute atomic E-state index is 11.2. The fourth-order valence-corrected chi connectivity index (χ4v) is 2.71. The van der Waals surface area contributed by atoms with Crippen molar-refractivity contribution in [2.24, 2.45) is 5.84 Å². The van der Waals surface area contributed by atoms with Crippen molar-refractivity contribution >= 4 is 17.7 Å². The summed E-state index contributed by atoms with van der Waals surface area (Å²) in [5.41, 5.74) is 2.11. The highest BCUT2D eigenvalue weighted by atomic mass is 32.2. The Morgan fingerprint density at radius 3 is 3.06 bits per heavy atom. The molecule has 0 aromatic heterocycles. The summed E-state index contributed by atoms with van der Waals surface area (Å²) in [6.45, 7) is 2.30. The van der Waals surface area contributed by atoms with Crippen LogP contribution >= 0.6 is 11.8 Å².